The number of carbonyl (C=O) groups is 1. The van der Waals surface area contributed by atoms with Gasteiger partial charge in [0.05, 0.1) is 17.1 Å². The van der Waals surface area contributed by atoms with Gasteiger partial charge in [-0.2, -0.15) is 18.3 Å². The van der Waals surface area contributed by atoms with E-state index < -0.39 is 39.1 Å². The zero-order valence-corrected chi connectivity index (χ0v) is 15.0. The summed E-state index contributed by atoms with van der Waals surface area (Å²) < 4.78 is 69.3. The highest BCUT2D eigenvalue weighted by molar-refractivity contribution is 7.92. The van der Waals surface area contributed by atoms with Gasteiger partial charge in [-0.3, -0.25) is 4.68 Å². The van der Waals surface area contributed by atoms with Gasteiger partial charge in [-0.05, 0) is 0 Å². The molecule has 2 fully saturated rings. The Morgan fingerprint density at radius 3 is 2.73 bits per heavy atom. The number of urea groups is 1. The van der Waals surface area contributed by atoms with Crippen molar-refractivity contribution in [3.05, 3.63) is 17.5 Å². The number of ether oxygens (including phenoxy) is 1. The van der Waals surface area contributed by atoms with Crippen LogP contribution in [0.4, 0.5) is 18.0 Å². The number of likely N-dealkylation sites (tertiary alicyclic amines) is 1. The molecule has 2 aliphatic heterocycles. The van der Waals surface area contributed by atoms with Crippen LogP contribution in [0, 0.1) is 5.92 Å². The molecule has 3 heterocycles. The minimum atomic E-state index is -4.62. The lowest BCUT2D eigenvalue weighted by molar-refractivity contribution is -0.142. The lowest BCUT2D eigenvalue weighted by Crippen LogP contribution is -2.40. The molecule has 1 aromatic rings. The van der Waals surface area contributed by atoms with E-state index in [1.807, 2.05) is 0 Å². The highest BCUT2D eigenvalue weighted by Crippen LogP contribution is 2.35. The third kappa shape index (κ3) is 3.39. The summed E-state index contributed by atoms with van der Waals surface area (Å²) in [6.45, 7) is -0.154. The molecular formula is C14H19F3N4O4S. The number of rotatable bonds is 3. The van der Waals surface area contributed by atoms with E-state index in [0.717, 1.165) is 4.68 Å². The smallest absolute Gasteiger partial charge is 0.380 e. The Morgan fingerprint density at radius 1 is 1.42 bits per heavy atom. The third-order valence-electron chi connectivity index (χ3n) is 4.84. The molecule has 0 saturated carbocycles. The normalized spacial score (nSPS) is 27.6. The van der Waals surface area contributed by atoms with Gasteiger partial charge in [0.2, 0.25) is 0 Å². The first kappa shape index (κ1) is 19.0. The number of aryl methyl sites for hydroxylation is 1. The molecule has 12 heteroatoms. The van der Waals surface area contributed by atoms with Crippen molar-refractivity contribution in [3.63, 3.8) is 0 Å². The average molecular weight is 396 g/mol. The van der Waals surface area contributed by atoms with E-state index in [0.29, 0.717) is 0 Å². The molecule has 3 atom stereocenters. The van der Waals surface area contributed by atoms with E-state index in [2.05, 4.69) is 10.4 Å². The number of nitrogens with one attached hydrogen (secondary N) is 1. The number of nitrogens with zero attached hydrogens (tertiary/aromatic N) is 3. The zero-order valence-electron chi connectivity index (χ0n) is 14.2. The molecule has 2 amide bonds. The summed E-state index contributed by atoms with van der Waals surface area (Å²) in [5.41, 5.74) is -1.21. The van der Waals surface area contributed by atoms with Gasteiger partial charge in [-0.15, -0.1) is 0 Å². The SMILES string of the molecule is CO[C@@H]1CS(=O)(=O)[C@H]2CN(C(=O)NCc3cn(C)nc3C(F)(F)F)C[C@@H]12. The van der Waals surface area contributed by atoms with Crippen LogP contribution in [0.25, 0.3) is 0 Å². The van der Waals surface area contributed by atoms with Gasteiger partial charge in [-0.25, -0.2) is 13.2 Å². The van der Waals surface area contributed by atoms with E-state index in [1.54, 1.807) is 0 Å². The van der Waals surface area contributed by atoms with Crippen LogP contribution >= 0.6 is 0 Å². The molecule has 0 aromatic carbocycles. The molecule has 0 aliphatic carbocycles. The highest BCUT2D eigenvalue weighted by atomic mass is 32.2. The second kappa shape index (κ2) is 6.41. The molecular weight excluding hydrogens is 377 g/mol. The Balaban J connectivity index is 1.66. The second-order valence-electron chi connectivity index (χ2n) is 6.54. The summed E-state index contributed by atoms with van der Waals surface area (Å²) in [5.74, 6) is -0.390. The van der Waals surface area contributed by atoms with Crippen LogP contribution in [0.1, 0.15) is 11.3 Å². The van der Waals surface area contributed by atoms with Gasteiger partial charge in [0.1, 0.15) is 0 Å². The van der Waals surface area contributed by atoms with E-state index in [9.17, 15) is 26.4 Å². The van der Waals surface area contributed by atoms with E-state index in [1.165, 1.54) is 25.3 Å². The maximum Gasteiger partial charge on any atom is 0.435 e. The molecule has 8 nitrogen and oxygen atoms in total. The molecule has 2 saturated heterocycles. The lowest BCUT2D eigenvalue weighted by Gasteiger charge is -2.20. The monoisotopic (exact) mass is 396 g/mol. The minimum absolute atomic E-state index is 0.0118. The van der Waals surface area contributed by atoms with Crippen molar-refractivity contribution < 1.29 is 31.1 Å². The van der Waals surface area contributed by atoms with Crippen LogP contribution in [0.3, 0.4) is 0 Å². The van der Waals surface area contributed by atoms with Crippen molar-refractivity contribution in [1.82, 2.24) is 20.0 Å². The van der Waals surface area contributed by atoms with Gasteiger partial charge in [-0.1, -0.05) is 0 Å². The van der Waals surface area contributed by atoms with Crippen LogP contribution in [0.5, 0.6) is 0 Å². The largest absolute Gasteiger partial charge is 0.435 e. The second-order valence-corrected chi connectivity index (χ2v) is 8.81. The number of alkyl halides is 3. The standard InChI is InChI=1S/C14H19F3N4O4S/c1-20-4-8(12(19-20)14(15,16)17)3-18-13(22)21-5-9-10(25-2)7-26(23,24)11(9)6-21/h4,9-11H,3,5-7H2,1-2H3,(H,18,22)/t9-,10+,11-/m0/s1. The molecule has 26 heavy (non-hydrogen) atoms. The fourth-order valence-corrected chi connectivity index (χ4v) is 5.90. The summed E-state index contributed by atoms with van der Waals surface area (Å²) in [4.78, 5) is 13.6. The number of sulfone groups is 1. The summed E-state index contributed by atoms with van der Waals surface area (Å²) in [6.07, 6.45) is -3.91. The molecule has 0 radical (unpaired) electrons. The fraction of sp³-hybridized carbons (Fsp3) is 0.714. The molecule has 1 N–H and O–H groups in total. The maximum absolute atomic E-state index is 12.9. The van der Waals surface area contributed by atoms with Crippen molar-refractivity contribution in [3.8, 4) is 0 Å². The molecule has 0 unspecified atom stereocenters. The number of amides is 2. The van der Waals surface area contributed by atoms with Gasteiger partial charge < -0.3 is 15.0 Å². The van der Waals surface area contributed by atoms with Crippen molar-refractivity contribution in [1.29, 1.82) is 0 Å². The number of aromatic nitrogens is 2. The number of hydrogen-bond donors (Lipinski definition) is 1. The van der Waals surface area contributed by atoms with Crippen molar-refractivity contribution in [2.45, 2.75) is 24.1 Å². The third-order valence-corrected chi connectivity index (χ3v) is 7.05. The highest BCUT2D eigenvalue weighted by Gasteiger charge is 2.53. The number of fused-ring (bicyclic) bond motifs is 1. The summed E-state index contributed by atoms with van der Waals surface area (Å²) >= 11 is 0. The maximum atomic E-state index is 12.9. The van der Waals surface area contributed by atoms with Crippen molar-refractivity contribution in [2.75, 3.05) is 26.0 Å². The lowest BCUT2D eigenvalue weighted by atomic mass is 10.0. The number of carbonyl (C=O) groups excluding carboxylic acids is 1. The fourth-order valence-electron chi connectivity index (χ4n) is 3.61. The molecule has 146 valence electrons. The van der Waals surface area contributed by atoms with Crippen LogP contribution in [-0.2, 0) is 34.3 Å². The molecule has 3 rings (SSSR count). The first-order valence-corrected chi connectivity index (χ1v) is 9.61. The van der Waals surface area contributed by atoms with Crippen LogP contribution < -0.4 is 5.32 Å². The predicted octanol–water partition coefficient (Wildman–Crippen LogP) is 0.392. The predicted molar refractivity (Wildman–Crippen MR) is 83.9 cm³/mol. The Bertz CT molecular complexity index is 808. The van der Waals surface area contributed by atoms with E-state index in [4.69, 9.17) is 4.74 Å². The first-order valence-electron chi connectivity index (χ1n) is 7.90. The molecule has 1 aromatic heterocycles. The van der Waals surface area contributed by atoms with Gasteiger partial charge in [0, 0.05) is 51.5 Å². The molecule has 0 bridgehead atoms. The van der Waals surface area contributed by atoms with Gasteiger partial charge in [0.15, 0.2) is 15.5 Å². The summed E-state index contributed by atoms with van der Waals surface area (Å²) in [7, 11) is -0.568. The van der Waals surface area contributed by atoms with Gasteiger partial charge in [0.25, 0.3) is 0 Å². The quantitative estimate of drug-likeness (QED) is 0.798. The minimum Gasteiger partial charge on any atom is -0.380 e. The van der Waals surface area contributed by atoms with Crippen LogP contribution in [0.15, 0.2) is 6.20 Å². The summed E-state index contributed by atoms with van der Waals surface area (Å²) in [6, 6.07) is -0.610. The Hall–Kier alpha value is -1.82. The number of halogens is 3. The molecule has 2 aliphatic rings. The topological polar surface area (TPSA) is 93.5 Å². The van der Waals surface area contributed by atoms with Gasteiger partial charge >= 0.3 is 12.2 Å². The van der Waals surface area contributed by atoms with Crippen molar-refractivity contribution in [2.24, 2.45) is 13.0 Å². The van der Waals surface area contributed by atoms with Crippen LogP contribution in [0.2, 0.25) is 0 Å². The zero-order chi connectivity index (χ0) is 19.3. The average Bonchev–Trinajstić information content (AvgIpc) is 3.19. The first-order chi connectivity index (χ1) is 12.0. The van der Waals surface area contributed by atoms with E-state index >= 15 is 0 Å². The van der Waals surface area contributed by atoms with Crippen molar-refractivity contribution >= 4 is 15.9 Å². The Labute approximate surface area is 148 Å². The summed E-state index contributed by atoms with van der Waals surface area (Å²) in [5, 5.41) is 5.10. The Morgan fingerprint density at radius 2 is 2.12 bits per heavy atom. The van der Waals surface area contributed by atoms with Crippen LogP contribution in [-0.4, -0.2) is 66.4 Å². The van der Waals surface area contributed by atoms with E-state index in [-0.39, 0.29) is 36.9 Å². The number of methoxy groups -OCH3 is 1. The molecule has 0 spiro atoms. The number of hydrogen-bond acceptors (Lipinski definition) is 5. The Kier molecular flexibility index (Phi) is 4.67.